The highest BCUT2D eigenvalue weighted by atomic mass is 16.5. The molecule has 1 atom stereocenters. The van der Waals surface area contributed by atoms with Gasteiger partial charge in [0, 0.05) is 6.54 Å². The summed E-state index contributed by atoms with van der Waals surface area (Å²) in [5, 5.41) is 13.3. The van der Waals surface area contributed by atoms with E-state index in [0.717, 1.165) is 25.7 Å². The number of nitrogens with one attached hydrogen (secondary N) is 1. The first-order chi connectivity index (χ1) is 10.1. The van der Waals surface area contributed by atoms with Gasteiger partial charge in [0.15, 0.2) is 6.10 Å². The number of aliphatic hydroxyl groups is 1. The van der Waals surface area contributed by atoms with Gasteiger partial charge < -0.3 is 15.2 Å². The van der Waals surface area contributed by atoms with Crippen LogP contribution in [0.2, 0.25) is 0 Å². The lowest BCUT2D eigenvalue weighted by molar-refractivity contribution is -0.128. The third-order valence-corrected chi connectivity index (χ3v) is 4.05. The Hall–Kier alpha value is -1.55. The fourth-order valence-electron chi connectivity index (χ4n) is 2.72. The topological polar surface area (TPSA) is 58.6 Å². The standard InChI is InChI=1S/C17H25NO3/c1-14(21-15-9-5-4-6-10-15)16(19)18-13-17(20)11-7-2-3-8-12-17/h4-6,9-10,14,20H,2-3,7-8,11-13H2,1H3,(H,18,19). The molecule has 1 aliphatic rings. The Balaban J connectivity index is 1.80. The average Bonchev–Trinajstić information content (AvgIpc) is 2.71. The first kappa shape index (κ1) is 15.8. The smallest absolute Gasteiger partial charge is 0.260 e. The van der Waals surface area contributed by atoms with Gasteiger partial charge in [-0.3, -0.25) is 4.79 Å². The van der Waals surface area contributed by atoms with Crippen molar-refractivity contribution >= 4 is 5.91 Å². The predicted octanol–water partition coefficient (Wildman–Crippen LogP) is 2.66. The SMILES string of the molecule is CC(Oc1ccccc1)C(=O)NCC1(O)CCCCCC1. The van der Waals surface area contributed by atoms with Crippen LogP contribution in [0.3, 0.4) is 0 Å². The van der Waals surface area contributed by atoms with Crippen molar-refractivity contribution in [1.29, 1.82) is 0 Å². The summed E-state index contributed by atoms with van der Waals surface area (Å²) in [5.41, 5.74) is -0.751. The first-order valence-electron chi connectivity index (χ1n) is 7.81. The van der Waals surface area contributed by atoms with Gasteiger partial charge in [0.1, 0.15) is 5.75 Å². The highest BCUT2D eigenvalue weighted by Crippen LogP contribution is 2.26. The van der Waals surface area contributed by atoms with Crippen LogP contribution in [0.5, 0.6) is 5.75 Å². The van der Waals surface area contributed by atoms with Gasteiger partial charge in [0.25, 0.3) is 5.91 Å². The van der Waals surface area contributed by atoms with E-state index >= 15 is 0 Å². The van der Waals surface area contributed by atoms with Gasteiger partial charge in [0.2, 0.25) is 0 Å². The molecule has 0 radical (unpaired) electrons. The second-order valence-electron chi connectivity index (χ2n) is 5.93. The molecule has 116 valence electrons. The zero-order valence-electron chi connectivity index (χ0n) is 12.7. The van der Waals surface area contributed by atoms with Crippen molar-refractivity contribution in [2.75, 3.05) is 6.54 Å². The molecule has 1 unspecified atom stereocenters. The summed E-state index contributed by atoms with van der Waals surface area (Å²) in [7, 11) is 0. The fourth-order valence-corrected chi connectivity index (χ4v) is 2.72. The second kappa shape index (κ2) is 7.46. The van der Waals surface area contributed by atoms with E-state index in [1.165, 1.54) is 12.8 Å². The molecule has 0 spiro atoms. The van der Waals surface area contributed by atoms with Crippen LogP contribution in [-0.4, -0.2) is 29.3 Å². The number of amides is 1. The minimum Gasteiger partial charge on any atom is -0.481 e. The van der Waals surface area contributed by atoms with Crippen LogP contribution >= 0.6 is 0 Å². The van der Waals surface area contributed by atoms with Crippen molar-refractivity contribution in [2.24, 2.45) is 0 Å². The van der Waals surface area contributed by atoms with E-state index < -0.39 is 11.7 Å². The number of hydrogen-bond donors (Lipinski definition) is 2. The van der Waals surface area contributed by atoms with E-state index in [-0.39, 0.29) is 5.91 Å². The fraction of sp³-hybridized carbons (Fsp3) is 0.588. The lowest BCUT2D eigenvalue weighted by atomic mass is 9.94. The van der Waals surface area contributed by atoms with E-state index in [2.05, 4.69) is 5.32 Å². The molecule has 2 rings (SSSR count). The quantitative estimate of drug-likeness (QED) is 0.820. The molecule has 0 aliphatic heterocycles. The Morgan fingerprint density at radius 3 is 2.48 bits per heavy atom. The second-order valence-corrected chi connectivity index (χ2v) is 5.93. The minimum atomic E-state index is -0.751. The number of carbonyl (C=O) groups excluding carboxylic acids is 1. The zero-order chi connectivity index (χ0) is 15.1. The number of ether oxygens (including phenoxy) is 1. The van der Waals surface area contributed by atoms with Crippen molar-refractivity contribution in [3.05, 3.63) is 30.3 Å². The van der Waals surface area contributed by atoms with Crippen LogP contribution in [-0.2, 0) is 4.79 Å². The zero-order valence-corrected chi connectivity index (χ0v) is 12.7. The molecule has 1 aliphatic carbocycles. The van der Waals surface area contributed by atoms with E-state index in [1.807, 2.05) is 30.3 Å². The Bertz CT molecular complexity index is 439. The lowest BCUT2D eigenvalue weighted by Gasteiger charge is -2.27. The summed E-state index contributed by atoms with van der Waals surface area (Å²) in [6, 6.07) is 9.28. The van der Waals surface area contributed by atoms with E-state index in [0.29, 0.717) is 12.3 Å². The van der Waals surface area contributed by atoms with Crippen molar-refractivity contribution in [1.82, 2.24) is 5.32 Å². The molecule has 21 heavy (non-hydrogen) atoms. The maximum absolute atomic E-state index is 12.1. The largest absolute Gasteiger partial charge is 0.481 e. The summed E-state index contributed by atoms with van der Waals surface area (Å²) < 4.78 is 5.58. The van der Waals surface area contributed by atoms with Crippen LogP contribution in [0.25, 0.3) is 0 Å². The summed E-state index contributed by atoms with van der Waals surface area (Å²) in [5.74, 6) is 0.491. The maximum Gasteiger partial charge on any atom is 0.260 e. The average molecular weight is 291 g/mol. The van der Waals surface area contributed by atoms with Gasteiger partial charge in [-0.05, 0) is 31.9 Å². The van der Waals surface area contributed by atoms with E-state index in [9.17, 15) is 9.90 Å². The molecule has 1 saturated carbocycles. The summed E-state index contributed by atoms with van der Waals surface area (Å²) in [6.45, 7) is 2.04. The first-order valence-corrected chi connectivity index (χ1v) is 7.81. The van der Waals surface area contributed by atoms with Gasteiger partial charge in [0.05, 0.1) is 5.60 Å². The Morgan fingerprint density at radius 2 is 1.86 bits per heavy atom. The van der Waals surface area contributed by atoms with Crippen molar-refractivity contribution in [2.45, 2.75) is 57.2 Å². The number of hydrogen-bond acceptors (Lipinski definition) is 3. The third kappa shape index (κ3) is 5.05. The monoisotopic (exact) mass is 291 g/mol. The molecule has 4 nitrogen and oxygen atoms in total. The minimum absolute atomic E-state index is 0.184. The van der Waals surface area contributed by atoms with Crippen molar-refractivity contribution in [3.8, 4) is 5.75 Å². The molecule has 1 amide bonds. The number of carbonyl (C=O) groups is 1. The van der Waals surface area contributed by atoms with Gasteiger partial charge in [-0.25, -0.2) is 0 Å². The van der Waals surface area contributed by atoms with Gasteiger partial charge in [-0.15, -0.1) is 0 Å². The Kier molecular flexibility index (Phi) is 5.62. The third-order valence-electron chi connectivity index (χ3n) is 4.05. The molecule has 2 N–H and O–H groups in total. The highest BCUT2D eigenvalue weighted by molar-refractivity contribution is 5.80. The molecule has 0 saturated heterocycles. The van der Waals surface area contributed by atoms with Crippen LogP contribution in [0.1, 0.15) is 45.4 Å². The van der Waals surface area contributed by atoms with Crippen LogP contribution in [0.15, 0.2) is 30.3 Å². The molecule has 0 heterocycles. The molecule has 1 aromatic carbocycles. The highest BCUT2D eigenvalue weighted by Gasteiger charge is 2.29. The lowest BCUT2D eigenvalue weighted by Crippen LogP contribution is -2.46. The van der Waals surface area contributed by atoms with Crippen LogP contribution < -0.4 is 10.1 Å². The van der Waals surface area contributed by atoms with Gasteiger partial charge >= 0.3 is 0 Å². The maximum atomic E-state index is 12.1. The van der Waals surface area contributed by atoms with Crippen molar-refractivity contribution in [3.63, 3.8) is 0 Å². The molecule has 0 bridgehead atoms. The van der Waals surface area contributed by atoms with Crippen LogP contribution in [0, 0.1) is 0 Å². The van der Waals surface area contributed by atoms with Crippen molar-refractivity contribution < 1.29 is 14.6 Å². The molecular weight excluding hydrogens is 266 g/mol. The normalized spacial score (nSPS) is 19.3. The number of benzene rings is 1. The van der Waals surface area contributed by atoms with Gasteiger partial charge in [-0.1, -0.05) is 43.9 Å². The summed E-state index contributed by atoms with van der Waals surface area (Å²) in [4.78, 5) is 12.1. The molecular formula is C17H25NO3. The molecule has 0 aromatic heterocycles. The number of para-hydroxylation sites is 1. The molecule has 1 aromatic rings. The molecule has 4 heteroatoms. The van der Waals surface area contributed by atoms with E-state index in [4.69, 9.17) is 4.74 Å². The Labute approximate surface area is 126 Å². The van der Waals surface area contributed by atoms with E-state index in [1.54, 1.807) is 6.92 Å². The number of rotatable bonds is 5. The Morgan fingerprint density at radius 1 is 1.24 bits per heavy atom. The molecule has 1 fully saturated rings. The van der Waals surface area contributed by atoms with Crippen LogP contribution in [0.4, 0.5) is 0 Å². The summed E-state index contributed by atoms with van der Waals surface area (Å²) in [6.07, 6.45) is 5.36. The predicted molar refractivity (Wildman–Crippen MR) is 82.2 cm³/mol. The summed E-state index contributed by atoms with van der Waals surface area (Å²) >= 11 is 0. The van der Waals surface area contributed by atoms with Gasteiger partial charge in [-0.2, -0.15) is 0 Å².